The quantitative estimate of drug-likeness (QED) is 0.503. The first kappa shape index (κ1) is 8.88. The van der Waals surface area contributed by atoms with Crippen LogP contribution >= 0.6 is 0 Å². The topological polar surface area (TPSA) is 57.2 Å². The molecule has 0 fully saturated rings. The Kier molecular flexibility index (Phi) is 4.20. The highest BCUT2D eigenvalue weighted by atomic mass is 16.4. The van der Waals surface area contributed by atoms with Crippen molar-refractivity contribution in [3.63, 3.8) is 0 Å². The van der Waals surface area contributed by atoms with E-state index < -0.39 is 5.97 Å². The molecule has 0 saturated carbocycles. The monoisotopic (exact) mass is 141 g/mol. The molecule has 0 radical (unpaired) electrons. The van der Waals surface area contributed by atoms with Gasteiger partial charge in [0.2, 0.25) is 0 Å². The van der Waals surface area contributed by atoms with Crippen molar-refractivity contribution in [3.05, 3.63) is 12.2 Å². The first-order chi connectivity index (χ1) is 4.63. The summed E-state index contributed by atoms with van der Waals surface area (Å²) in [6, 6.07) is 0. The number of rotatable bonds is 4. The molecule has 0 spiro atoms. The van der Waals surface area contributed by atoms with E-state index in [-0.39, 0.29) is 12.2 Å². The highest BCUT2D eigenvalue weighted by Gasteiger charge is 1.83. The normalized spacial score (nSPS) is 10.1. The molecular weight excluding hydrogens is 132 g/mol. The predicted molar refractivity (Wildman–Crippen MR) is 34.1 cm³/mol. The van der Waals surface area contributed by atoms with Crippen LogP contribution in [0.1, 0.15) is 19.8 Å². The van der Waals surface area contributed by atoms with E-state index in [0.717, 1.165) is 0 Å². The lowest BCUT2D eigenvalue weighted by molar-refractivity contribution is -0.305. The van der Waals surface area contributed by atoms with Gasteiger partial charge in [-0.2, -0.15) is 0 Å². The molecule has 0 aliphatic carbocycles. The van der Waals surface area contributed by atoms with Gasteiger partial charge >= 0.3 is 0 Å². The number of allylic oxidation sites excluding steroid dienone is 2. The molecule has 3 heteroatoms. The fourth-order valence-electron chi connectivity index (χ4n) is 0.450. The first-order valence-corrected chi connectivity index (χ1v) is 3.00. The van der Waals surface area contributed by atoms with E-state index in [1.54, 1.807) is 0 Å². The second-order valence-electron chi connectivity index (χ2n) is 1.92. The lowest BCUT2D eigenvalue weighted by Gasteiger charge is -1.94. The average Bonchev–Trinajstić information content (AvgIpc) is 1.79. The maximum Gasteiger partial charge on any atom is 0.152 e. The molecule has 0 aliphatic rings. The maximum absolute atomic E-state index is 10.2. The van der Waals surface area contributed by atoms with Crippen LogP contribution in [0.2, 0.25) is 0 Å². The van der Waals surface area contributed by atoms with Gasteiger partial charge in [-0.3, -0.25) is 4.79 Å². The summed E-state index contributed by atoms with van der Waals surface area (Å²) in [5.41, 5.74) is 0. The van der Waals surface area contributed by atoms with Crippen molar-refractivity contribution in [3.8, 4) is 0 Å². The molecule has 0 atom stereocenters. The molecule has 0 aromatic rings. The summed E-state index contributed by atoms with van der Waals surface area (Å²) in [6.45, 7) is 1.41. The van der Waals surface area contributed by atoms with Crippen LogP contribution in [0.5, 0.6) is 0 Å². The van der Waals surface area contributed by atoms with Gasteiger partial charge in [-0.15, -0.1) is 0 Å². The fourth-order valence-corrected chi connectivity index (χ4v) is 0.450. The molecule has 0 amide bonds. The summed E-state index contributed by atoms with van der Waals surface area (Å²) in [6.07, 6.45) is 3.22. The summed E-state index contributed by atoms with van der Waals surface area (Å²) >= 11 is 0. The van der Waals surface area contributed by atoms with Crippen molar-refractivity contribution < 1.29 is 14.7 Å². The third-order valence-corrected chi connectivity index (χ3v) is 0.868. The molecule has 0 saturated heterocycles. The zero-order valence-electron chi connectivity index (χ0n) is 5.79. The molecular formula is C7H9O3-. The highest BCUT2D eigenvalue weighted by Crippen LogP contribution is 1.88. The number of carbonyl (C=O) groups is 2. The van der Waals surface area contributed by atoms with Crippen molar-refractivity contribution in [2.75, 3.05) is 0 Å². The van der Waals surface area contributed by atoms with Crippen molar-refractivity contribution in [2.24, 2.45) is 0 Å². The van der Waals surface area contributed by atoms with Gasteiger partial charge in [-0.05, 0) is 25.8 Å². The molecule has 0 aliphatic heterocycles. The standard InChI is InChI=1S/C7H10O3/c1-6(8)4-2-3-5-7(9)10/h2,4H,3,5H2,1H3,(H,9,10)/p-1/b4-2+. The van der Waals surface area contributed by atoms with Gasteiger partial charge in [0, 0.05) is 5.97 Å². The third kappa shape index (κ3) is 6.88. The average molecular weight is 141 g/mol. The van der Waals surface area contributed by atoms with Crippen molar-refractivity contribution in [1.82, 2.24) is 0 Å². The smallest absolute Gasteiger partial charge is 0.152 e. The number of hydrogen-bond acceptors (Lipinski definition) is 3. The van der Waals surface area contributed by atoms with Gasteiger partial charge in [0.15, 0.2) is 5.78 Å². The summed E-state index contributed by atoms with van der Waals surface area (Å²) in [7, 11) is 0. The zero-order valence-corrected chi connectivity index (χ0v) is 5.79. The van der Waals surface area contributed by atoms with Gasteiger partial charge < -0.3 is 9.90 Å². The Labute approximate surface area is 59.4 Å². The van der Waals surface area contributed by atoms with Crippen LogP contribution in [-0.4, -0.2) is 11.8 Å². The Balaban J connectivity index is 3.36. The van der Waals surface area contributed by atoms with Crippen LogP contribution in [0.3, 0.4) is 0 Å². The molecule has 10 heavy (non-hydrogen) atoms. The van der Waals surface area contributed by atoms with Gasteiger partial charge in [0.1, 0.15) is 0 Å². The molecule has 0 heterocycles. The van der Waals surface area contributed by atoms with Crippen LogP contribution in [-0.2, 0) is 9.59 Å². The molecule has 56 valence electrons. The molecule has 0 N–H and O–H groups in total. The largest absolute Gasteiger partial charge is 0.550 e. The predicted octanol–water partition coefficient (Wildman–Crippen LogP) is -0.338. The molecule has 0 rings (SSSR count). The van der Waals surface area contributed by atoms with E-state index >= 15 is 0 Å². The second kappa shape index (κ2) is 4.73. The zero-order chi connectivity index (χ0) is 7.98. The Morgan fingerprint density at radius 1 is 1.50 bits per heavy atom. The van der Waals surface area contributed by atoms with Gasteiger partial charge in [0.05, 0.1) is 0 Å². The summed E-state index contributed by atoms with van der Waals surface area (Å²) in [5, 5.41) is 9.81. The summed E-state index contributed by atoms with van der Waals surface area (Å²) in [5.74, 6) is -1.16. The number of carboxylic acids is 1. The van der Waals surface area contributed by atoms with E-state index in [1.165, 1.54) is 19.1 Å². The van der Waals surface area contributed by atoms with Crippen LogP contribution in [0.15, 0.2) is 12.2 Å². The molecule has 0 aromatic carbocycles. The van der Waals surface area contributed by atoms with E-state index in [2.05, 4.69) is 0 Å². The Bertz CT molecular complexity index is 158. The summed E-state index contributed by atoms with van der Waals surface area (Å²) in [4.78, 5) is 20.1. The molecule has 3 nitrogen and oxygen atoms in total. The van der Waals surface area contributed by atoms with Gasteiger partial charge in [0.25, 0.3) is 0 Å². The van der Waals surface area contributed by atoms with Gasteiger partial charge in [-0.1, -0.05) is 6.08 Å². The minimum atomic E-state index is -1.09. The van der Waals surface area contributed by atoms with E-state index in [9.17, 15) is 14.7 Å². The van der Waals surface area contributed by atoms with E-state index in [1.807, 2.05) is 0 Å². The minimum Gasteiger partial charge on any atom is -0.550 e. The van der Waals surface area contributed by atoms with Gasteiger partial charge in [-0.25, -0.2) is 0 Å². The lowest BCUT2D eigenvalue weighted by Crippen LogP contribution is -2.21. The van der Waals surface area contributed by atoms with E-state index in [4.69, 9.17) is 0 Å². The number of hydrogen-bond donors (Lipinski definition) is 0. The second-order valence-corrected chi connectivity index (χ2v) is 1.92. The highest BCUT2D eigenvalue weighted by molar-refractivity contribution is 5.87. The Morgan fingerprint density at radius 2 is 2.10 bits per heavy atom. The van der Waals surface area contributed by atoms with Crippen molar-refractivity contribution in [1.29, 1.82) is 0 Å². The molecule has 0 unspecified atom stereocenters. The molecule has 0 bridgehead atoms. The lowest BCUT2D eigenvalue weighted by atomic mass is 10.3. The number of aliphatic carboxylic acids is 1. The van der Waals surface area contributed by atoms with Crippen LogP contribution < -0.4 is 5.11 Å². The number of ketones is 1. The number of carbonyl (C=O) groups excluding carboxylic acids is 2. The fraction of sp³-hybridized carbons (Fsp3) is 0.429. The maximum atomic E-state index is 10.2. The van der Waals surface area contributed by atoms with Crippen molar-refractivity contribution >= 4 is 11.8 Å². The van der Waals surface area contributed by atoms with Crippen LogP contribution in [0.4, 0.5) is 0 Å². The minimum absolute atomic E-state index is 0.0240. The first-order valence-electron chi connectivity index (χ1n) is 3.00. The summed E-state index contributed by atoms with van der Waals surface area (Å²) < 4.78 is 0. The van der Waals surface area contributed by atoms with Crippen LogP contribution in [0.25, 0.3) is 0 Å². The van der Waals surface area contributed by atoms with E-state index in [0.29, 0.717) is 6.42 Å². The SMILES string of the molecule is CC(=O)/C=C/CCC(=O)[O-]. The molecule has 0 aromatic heterocycles. The number of carboxylic acid groups (broad SMARTS) is 1. The Morgan fingerprint density at radius 3 is 2.50 bits per heavy atom. The third-order valence-electron chi connectivity index (χ3n) is 0.868. The Hall–Kier alpha value is -1.12. The van der Waals surface area contributed by atoms with Crippen LogP contribution in [0, 0.1) is 0 Å². The van der Waals surface area contributed by atoms with Crippen molar-refractivity contribution in [2.45, 2.75) is 19.8 Å².